The van der Waals surface area contributed by atoms with Gasteiger partial charge in [0.05, 0.1) is 24.9 Å². The van der Waals surface area contributed by atoms with E-state index < -0.39 is 129 Å². The van der Waals surface area contributed by atoms with E-state index in [1.807, 2.05) is 0 Å². The molecule has 0 aliphatic carbocycles. The first-order valence-corrected chi connectivity index (χ1v) is 13.7. The molecule has 246 valence electrons. The fourth-order valence-corrected chi connectivity index (χ4v) is 5.34. The molecule has 4 aliphatic rings. The number of ether oxygens (including phenoxy) is 7. The molecule has 4 rings (SSSR count). The zero-order chi connectivity index (χ0) is 31.2. The van der Waals surface area contributed by atoms with E-state index in [1.54, 1.807) is 0 Å². The Balaban J connectivity index is 1.53. The minimum absolute atomic E-state index is 0.765. The number of hydrogen-bond acceptors (Lipinski definition) is 18. The Kier molecular flexibility index (Phi) is 11.2. The first-order chi connectivity index (χ1) is 19.7. The van der Waals surface area contributed by atoms with Crippen molar-refractivity contribution < 1.29 is 89.3 Å². The van der Waals surface area contributed by atoms with Gasteiger partial charge in [-0.25, -0.2) is 0 Å². The van der Waals surface area contributed by atoms with Crippen LogP contribution in [0.4, 0.5) is 0 Å². The Bertz CT molecular complexity index is 867. The summed E-state index contributed by atoms with van der Waals surface area (Å²) in [6.45, 7) is 3.44. The molecule has 4 aliphatic heterocycles. The van der Waals surface area contributed by atoms with Gasteiger partial charge in [-0.1, -0.05) is 0 Å². The van der Waals surface area contributed by atoms with E-state index in [0.29, 0.717) is 0 Å². The molecular weight excluding hydrogens is 576 g/mol. The van der Waals surface area contributed by atoms with Crippen molar-refractivity contribution in [2.24, 2.45) is 0 Å². The van der Waals surface area contributed by atoms with E-state index in [-0.39, 0.29) is 0 Å². The van der Waals surface area contributed by atoms with Gasteiger partial charge in [0.25, 0.3) is 0 Å². The summed E-state index contributed by atoms with van der Waals surface area (Å²) < 4.78 is 38.6. The highest BCUT2D eigenvalue weighted by Crippen LogP contribution is 2.34. The highest BCUT2D eigenvalue weighted by molar-refractivity contribution is 4.96. The van der Waals surface area contributed by atoms with Crippen LogP contribution in [0.25, 0.3) is 0 Å². The third-order valence-corrected chi connectivity index (χ3v) is 8.09. The Labute approximate surface area is 240 Å². The third-order valence-electron chi connectivity index (χ3n) is 8.09. The zero-order valence-corrected chi connectivity index (χ0v) is 23.0. The van der Waals surface area contributed by atoms with Crippen molar-refractivity contribution in [3.05, 3.63) is 0 Å². The average Bonchev–Trinajstić information content (AvgIpc) is 2.95. The van der Waals surface area contributed by atoms with Gasteiger partial charge in [-0.3, -0.25) is 0 Å². The summed E-state index contributed by atoms with van der Waals surface area (Å²) in [5, 5.41) is 114. The lowest BCUT2D eigenvalue weighted by Crippen LogP contribution is -2.66. The van der Waals surface area contributed by atoms with Gasteiger partial charge in [0, 0.05) is 0 Å². The molecule has 0 aromatic heterocycles. The van der Waals surface area contributed by atoms with Crippen molar-refractivity contribution >= 4 is 0 Å². The fourth-order valence-electron chi connectivity index (χ4n) is 5.34. The number of aliphatic hydroxyl groups excluding tert-OH is 11. The van der Waals surface area contributed by atoms with Crippen molar-refractivity contribution in [3.8, 4) is 0 Å². The fraction of sp³-hybridized carbons (Fsp3) is 1.00. The summed E-state index contributed by atoms with van der Waals surface area (Å²) in [6, 6.07) is 0. The highest BCUT2D eigenvalue weighted by Gasteiger charge is 2.54. The second-order valence-corrected chi connectivity index (χ2v) is 11.1. The van der Waals surface area contributed by atoms with Crippen LogP contribution in [0.15, 0.2) is 0 Å². The first-order valence-electron chi connectivity index (χ1n) is 13.7. The van der Waals surface area contributed by atoms with Gasteiger partial charge in [-0.2, -0.15) is 0 Å². The summed E-state index contributed by atoms with van der Waals surface area (Å²) in [5.74, 6) is 0. The SMILES string of the molecule is C[C@@H]1O[C@@H](O)[C@H](O[C@@H]2O[C@@H](C)[C@H](O)[C@@H](O[C@@H]3O[C@@H](C)[C@H](O)[C@@H](O)[C@H]3O[C@@H]3O[C@H](CO)[C@@H](O)[C@H](O)[C@H]3O)[C@H]2O)[C@H](O)[C@H]1O. The maximum atomic E-state index is 11.1. The van der Waals surface area contributed by atoms with Crippen LogP contribution in [0.5, 0.6) is 0 Å². The van der Waals surface area contributed by atoms with E-state index in [4.69, 9.17) is 33.2 Å². The van der Waals surface area contributed by atoms with Crippen LogP contribution >= 0.6 is 0 Å². The quantitative estimate of drug-likeness (QED) is 0.126. The standard InChI is InChI=1S/C24H42O18/c1-5-9(26)14(31)19(21(35)36-5)41-23-17(34)18(11(28)7(3)37-23)40-24-20(15(32)10(27)6(2)38-24)42-22-16(33)13(30)12(29)8(4-25)39-22/h5-35H,4H2,1-3H3/t5-,6-,7-,8+,9-,10-,11-,12+,13-,14+,15+,16+,17+,18+,19+,20+,21+,22-,23-,24-/m0/s1. The molecule has 0 radical (unpaired) electrons. The van der Waals surface area contributed by atoms with Crippen LogP contribution < -0.4 is 0 Å². The maximum Gasteiger partial charge on any atom is 0.187 e. The Morgan fingerprint density at radius 1 is 0.429 bits per heavy atom. The summed E-state index contributed by atoms with van der Waals surface area (Å²) in [7, 11) is 0. The summed E-state index contributed by atoms with van der Waals surface area (Å²) >= 11 is 0. The highest BCUT2D eigenvalue weighted by atomic mass is 16.8. The van der Waals surface area contributed by atoms with Gasteiger partial charge in [-0.05, 0) is 20.8 Å². The van der Waals surface area contributed by atoms with Crippen molar-refractivity contribution in [1.82, 2.24) is 0 Å². The molecule has 0 unspecified atom stereocenters. The predicted molar refractivity (Wildman–Crippen MR) is 130 cm³/mol. The molecule has 4 heterocycles. The molecule has 20 atom stereocenters. The molecular formula is C24H42O18. The molecule has 0 bridgehead atoms. The van der Waals surface area contributed by atoms with Crippen LogP contribution in [0.2, 0.25) is 0 Å². The van der Waals surface area contributed by atoms with Crippen LogP contribution in [0.1, 0.15) is 20.8 Å². The predicted octanol–water partition coefficient (Wildman–Crippen LogP) is -6.67. The average molecular weight is 619 g/mol. The van der Waals surface area contributed by atoms with E-state index in [2.05, 4.69) is 0 Å². The van der Waals surface area contributed by atoms with Gasteiger partial charge in [-0.15, -0.1) is 0 Å². The van der Waals surface area contributed by atoms with Crippen molar-refractivity contribution in [3.63, 3.8) is 0 Å². The lowest BCUT2D eigenvalue weighted by molar-refractivity contribution is -0.393. The first kappa shape index (κ1) is 34.2. The molecule has 0 spiro atoms. The van der Waals surface area contributed by atoms with E-state index in [1.165, 1.54) is 20.8 Å². The Morgan fingerprint density at radius 2 is 0.905 bits per heavy atom. The van der Waals surface area contributed by atoms with Gasteiger partial charge in [0.1, 0.15) is 79.4 Å². The van der Waals surface area contributed by atoms with Crippen molar-refractivity contribution in [1.29, 1.82) is 0 Å². The summed E-state index contributed by atoms with van der Waals surface area (Å²) in [5.41, 5.74) is 0. The molecule has 18 heteroatoms. The number of rotatable bonds is 7. The van der Waals surface area contributed by atoms with Gasteiger partial charge >= 0.3 is 0 Å². The second-order valence-electron chi connectivity index (χ2n) is 11.1. The Morgan fingerprint density at radius 3 is 1.52 bits per heavy atom. The topological polar surface area (TPSA) is 287 Å². The third kappa shape index (κ3) is 6.62. The molecule has 0 amide bonds. The van der Waals surface area contributed by atoms with Gasteiger partial charge < -0.3 is 89.3 Å². The summed E-state index contributed by atoms with van der Waals surface area (Å²) in [6.07, 6.45) is -31.4. The summed E-state index contributed by atoms with van der Waals surface area (Å²) in [4.78, 5) is 0. The lowest BCUT2D eigenvalue weighted by atomic mass is 9.96. The lowest BCUT2D eigenvalue weighted by Gasteiger charge is -2.49. The monoisotopic (exact) mass is 618 g/mol. The van der Waals surface area contributed by atoms with E-state index in [0.717, 1.165) is 0 Å². The smallest absolute Gasteiger partial charge is 0.187 e. The maximum absolute atomic E-state index is 11.1. The molecule has 0 saturated carbocycles. The molecule has 42 heavy (non-hydrogen) atoms. The molecule has 0 aromatic carbocycles. The van der Waals surface area contributed by atoms with Gasteiger partial charge in [0.2, 0.25) is 0 Å². The Hall–Kier alpha value is -0.720. The normalized spacial score (nSPS) is 55.9. The second kappa shape index (κ2) is 13.7. The van der Waals surface area contributed by atoms with Crippen LogP contribution in [0, 0.1) is 0 Å². The zero-order valence-electron chi connectivity index (χ0n) is 23.0. The van der Waals surface area contributed by atoms with Crippen LogP contribution in [0.3, 0.4) is 0 Å². The molecule has 11 N–H and O–H groups in total. The van der Waals surface area contributed by atoms with Crippen molar-refractivity contribution in [2.45, 2.75) is 144 Å². The minimum atomic E-state index is -1.88. The number of aliphatic hydroxyl groups is 11. The van der Waals surface area contributed by atoms with Gasteiger partial charge in [0.15, 0.2) is 25.2 Å². The molecule has 18 nitrogen and oxygen atoms in total. The van der Waals surface area contributed by atoms with E-state index in [9.17, 15) is 56.2 Å². The largest absolute Gasteiger partial charge is 0.394 e. The van der Waals surface area contributed by atoms with Crippen molar-refractivity contribution in [2.75, 3.05) is 6.61 Å². The minimum Gasteiger partial charge on any atom is -0.394 e. The van der Waals surface area contributed by atoms with Crippen LogP contribution in [-0.2, 0) is 33.2 Å². The molecule has 4 saturated heterocycles. The van der Waals surface area contributed by atoms with E-state index >= 15 is 0 Å². The number of hydrogen-bond donors (Lipinski definition) is 11. The molecule has 0 aromatic rings. The molecule has 4 fully saturated rings. The van der Waals surface area contributed by atoms with Crippen LogP contribution in [-0.4, -0.2) is 186 Å².